The van der Waals surface area contributed by atoms with E-state index in [1.54, 1.807) is 20.8 Å². The summed E-state index contributed by atoms with van der Waals surface area (Å²) in [5.41, 5.74) is 0.238. The number of nitrogens with one attached hydrogen (secondary N) is 2. The summed E-state index contributed by atoms with van der Waals surface area (Å²) in [6.07, 6.45) is -0.306. The molecule has 166 valence electrons. The minimum atomic E-state index is -1.09. The van der Waals surface area contributed by atoms with Crippen LogP contribution in [0.25, 0.3) is 0 Å². The van der Waals surface area contributed by atoms with E-state index in [0.717, 1.165) is 17.3 Å². The molecule has 0 heterocycles. The second-order valence-corrected chi connectivity index (χ2v) is 8.85. The smallest absolute Gasteiger partial charge is 0.407 e. The SMILES string of the molecule is COC(=O)C(CNC(=O)OC(C)(C)C)NC(=O)C(CSC(C)=O)Cc1ccccc1. The summed E-state index contributed by atoms with van der Waals surface area (Å²) in [5.74, 6) is -1.38. The van der Waals surface area contributed by atoms with Crippen molar-refractivity contribution in [3.8, 4) is 0 Å². The number of methoxy groups -OCH3 is 1. The zero-order chi connectivity index (χ0) is 22.7. The third kappa shape index (κ3) is 10.3. The number of ether oxygens (including phenoxy) is 2. The molecule has 1 aromatic carbocycles. The van der Waals surface area contributed by atoms with Crippen molar-refractivity contribution in [2.24, 2.45) is 5.92 Å². The quantitative estimate of drug-likeness (QED) is 0.569. The molecule has 0 radical (unpaired) electrons. The molecule has 0 bridgehead atoms. The average Bonchev–Trinajstić information content (AvgIpc) is 2.66. The summed E-state index contributed by atoms with van der Waals surface area (Å²) in [7, 11) is 1.20. The molecule has 0 saturated carbocycles. The Kier molecular flexibility index (Phi) is 10.4. The van der Waals surface area contributed by atoms with E-state index < -0.39 is 35.5 Å². The number of hydrogen-bond acceptors (Lipinski definition) is 7. The largest absolute Gasteiger partial charge is 0.467 e. The van der Waals surface area contributed by atoms with Crippen molar-refractivity contribution < 1.29 is 28.7 Å². The van der Waals surface area contributed by atoms with Crippen molar-refractivity contribution in [3.63, 3.8) is 0 Å². The summed E-state index contributed by atoms with van der Waals surface area (Å²) in [6, 6.07) is 8.30. The lowest BCUT2D eigenvalue weighted by molar-refractivity contribution is -0.145. The molecule has 9 heteroatoms. The van der Waals surface area contributed by atoms with Gasteiger partial charge in [-0.15, -0.1) is 0 Å². The first kappa shape index (κ1) is 25.5. The monoisotopic (exact) mass is 438 g/mol. The first-order valence-corrected chi connectivity index (χ1v) is 10.5. The third-order valence-corrected chi connectivity index (χ3v) is 4.81. The lowest BCUT2D eigenvalue weighted by Gasteiger charge is -2.23. The molecular weight excluding hydrogens is 408 g/mol. The lowest BCUT2D eigenvalue weighted by Crippen LogP contribution is -2.51. The van der Waals surface area contributed by atoms with Crippen molar-refractivity contribution >= 4 is 34.8 Å². The molecule has 1 aromatic rings. The highest BCUT2D eigenvalue weighted by Crippen LogP contribution is 2.16. The van der Waals surface area contributed by atoms with Crippen LogP contribution in [0.4, 0.5) is 4.79 Å². The van der Waals surface area contributed by atoms with E-state index >= 15 is 0 Å². The first-order chi connectivity index (χ1) is 14.0. The van der Waals surface area contributed by atoms with Gasteiger partial charge >= 0.3 is 12.1 Å². The van der Waals surface area contributed by atoms with Gasteiger partial charge in [0.1, 0.15) is 11.6 Å². The van der Waals surface area contributed by atoms with Gasteiger partial charge in [0, 0.05) is 12.7 Å². The van der Waals surface area contributed by atoms with Gasteiger partial charge < -0.3 is 20.1 Å². The fourth-order valence-electron chi connectivity index (χ4n) is 2.47. The van der Waals surface area contributed by atoms with Gasteiger partial charge in [-0.1, -0.05) is 42.1 Å². The number of hydrogen-bond donors (Lipinski definition) is 2. The number of alkyl carbamates (subject to hydrolysis) is 1. The van der Waals surface area contributed by atoms with Crippen LogP contribution in [0, 0.1) is 5.92 Å². The maximum atomic E-state index is 12.9. The Hall–Kier alpha value is -2.55. The van der Waals surface area contributed by atoms with Crippen LogP contribution in [0.3, 0.4) is 0 Å². The maximum Gasteiger partial charge on any atom is 0.407 e. The predicted octanol–water partition coefficient (Wildman–Crippen LogP) is 2.31. The van der Waals surface area contributed by atoms with E-state index in [2.05, 4.69) is 10.6 Å². The van der Waals surface area contributed by atoms with Crippen LogP contribution in [0.2, 0.25) is 0 Å². The van der Waals surface area contributed by atoms with Crippen LogP contribution in [-0.4, -0.2) is 54.1 Å². The molecule has 2 N–H and O–H groups in total. The van der Waals surface area contributed by atoms with Crippen molar-refractivity contribution in [2.75, 3.05) is 19.4 Å². The van der Waals surface area contributed by atoms with E-state index in [-0.39, 0.29) is 17.4 Å². The highest BCUT2D eigenvalue weighted by atomic mass is 32.2. The summed E-state index contributed by atoms with van der Waals surface area (Å²) >= 11 is 1.05. The minimum Gasteiger partial charge on any atom is -0.467 e. The Morgan fingerprint density at radius 2 is 1.73 bits per heavy atom. The Morgan fingerprint density at radius 1 is 1.10 bits per heavy atom. The Morgan fingerprint density at radius 3 is 2.27 bits per heavy atom. The summed E-state index contributed by atoms with van der Waals surface area (Å²) in [6.45, 7) is 6.39. The molecule has 30 heavy (non-hydrogen) atoms. The third-order valence-electron chi connectivity index (χ3n) is 3.84. The Balaban J connectivity index is 2.83. The Bertz CT molecular complexity index is 733. The number of benzene rings is 1. The fourth-order valence-corrected chi connectivity index (χ4v) is 3.17. The van der Waals surface area contributed by atoms with Gasteiger partial charge in [0.05, 0.1) is 19.6 Å². The molecule has 2 amide bonds. The molecule has 2 atom stereocenters. The van der Waals surface area contributed by atoms with Crippen LogP contribution in [0.5, 0.6) is 0 Å². The number of rotatable bonds is 9. The summed E-state index contributed by atoms with van der Waals surface area (Å²) in [5, 5.41) is 4.98. The molecule has 2 unspecified atom stereocenters. The van der Waals surface area contributed by atoms with E-state index in [4.69, 9.17) is 9.47 Å². The van der Waals surface area contributed by atoms with Gasteiger partial charge in [-0.25, -0.2) is 9.59 Å². The molecule has 0 saturated heterocycles. The van der Waals surface area contributed by atoms with Gasteiger partial charge in [-0.3, -0.25) is 9.59 Å². The van der Waals surface area contributed by atoms with Gasteiger partial charge in [0.25, 0.3) is 0 Å². The number of amides is 2. The highest BCUT2D eigenvalue weighted by molar-refractivity contribution is 8.13. The molecule has 0 aliphatic heterocycles. The molecular formula is C21H30N2O6S. The fraction of sp³-hybridized carbons (Fsp3) is 0.524. The maximum absolute atomic E-state index is 12.9. The van der Waals surface area contributed by atoms with Crippen LogP contribution in [0.1, 0.15) is 33.3 Å². The highest BCUT2D eigenvalue weighted by Gasteiger charge is 2.28. The van der Waals surface area contributed by atoms with Gasteiger partial charge in [0.2, 0.25) is 5.91 Å². The Labute approximate surface area is 181 Å². The molecule has 0 aliphatic rings. The standard InChI is InChI=1S/C21H30N2O6S/c1-14(24)30-13-16(11-15-9-7-6-8-10-15)18(25)23-17(19(26)28-5)12-22-20(27)29-21(2,3)4/h6-10,16-17H,11-13H2,1-5H3,(H,22,27)(H,23,25). The van der Waals surface area contributed by atoms with Crippen LogP contribution < -0.4 is 10.6 Å². The zero-order valence-electron chi connectivity index (χ0n) is 18.0. The van der Waals surface area contributed by atoms with E-state index in [0.29, 0.717) is 6.42 Å². The number of carbonyl (C=O) groups excluding carboxylic acids is 4. The molecule has 0 fully saturated rings. The van der Waals surface area contributed by atoms with Gasteiger partial charge in [-0.05, 0) is 32.8 Å². The first-order valence-electron chi connectivity index (χ1n) is 9.54. The number of esters is 1. The van der Waals surface area contributed by atoms with Crippen molar-refractivity contribution in [2.45, 2.75) is 45.8 Å². The van der Waals surface area contributed by atoms with Crippen molar-refractivity contribution in [1.82, 2.24) is 10.6 Å². The summed E-state index contributed by atoms with van der Waals surface area (Å²) < 4.78 is 9.88. The van der Waals surface area contributed by atoms with E-state index in [1.165, 1.54) is 14.0 Å². The van der Waals surface area contributed by atoms with Crippen molar-refractivity contribution in [1.29, 1.82) is 0 Å². The van der Waals surface area contributed by atoms with Crippen LogP contribution >= 0.6 is 11.8 Å². The predicted molar refractivity (Wildman–Crippen MR) is 115 cm³/mol. The molecule has 0 aliphatic carbocycles. The number of carbonyl (C=O) groups is 4. The topological polar surface area (TPSA) is 111 Å². The van der Waals surface area contributed by atoms with E-state index in [9.17, 15) is 19.2 Å². The average molecular weight is 439 g/mol. The molecule has 0 spiro atoms. The van der Waals surface area contributed by atoms with E-state index in [1.807, 2.05) is 30.3 Å². The van der Waals surface area contributed by atoms with Crippen LogP contribution in [-0.2, 0) is 30.3 Å². The second-order valence-electron chi connectivity index (χ2n) is 7.66. The second kappa shape index (κ2) is 12.2. The van der Waals surface area contributed by atoms with Crippen molar-refractivity contribution in [3.05, 3.63) is 35.9 Å². The van der Waals surface area contributed by atoms with Crippen LogP contribution in [0.15, 0.2) is 30.3 Å². The van der Waals surface area contributed by atoms with Gasteiger partial charge in [-0.2, -0.15) is 0 Å². The summed E-state index contributed by atoms with van der Waals surface area (Å²) in [4.78, 5) is 48.2. The molecule has 8 nitrogen and oxygen atoms in total. The zero-order valence-corrected chi connectivity index (χ0v) is 18.8. The normalized spacial score (nSPS) is 13.0. The van der Waals surface area contributed by atoms with Gasteiger partial charge in [0.15, 0.2) is 5.12 Å². The molecule has 1 rings (SSSR count). The lowest BCUT2D eigenvalue weighted by atomic mass is 10.00. The minimum absolute atomic E-state index is 0.100. The number of thioether (sulfide) groups is 1. The molecule has 0 aromatic heterocycles.